The Morgan fingerprint density at radius 3 is 2.67 bits per heavy atom. The van der Waals surface area contributed by atoms with Crippen LogP contribution >= 0.6 is 0 Å². The normalized spacial score (nSPS) is 24.3. The highest BCUT2D eigenvalue weighted by atomic mass is 32.2. The quantitative estimate of drug-likeness (QED) is 0.911. The van der Waals surface area contributed by atoms with E-state index in [0.717, 1.165) is 24.8 Å². The van der Waals surface area contributed by atoms with Gasteiger partial charge in [-0.05, 0) is 55.4 Å². The van der Waals surface area contributed by atoms with Crippen LogP contribution in [0.5, 0.6) is 0 Å². The lowest BCUT2D eigenvalue weighted by atomic mass is 9.86. The molecule has 24 heavy (non-hydrogen) atoms. The second kappa shape index (κ2) is 6.75. The third-order valence-corrected chi connectivity index (χ3v) is 6.43. The van der Waals surface area contributed by atoms with Gasteiger partial charge >= 0.3 is 0 Å². The fourth-order valence-electron chi connectivity index (χ4n) is 3.83. The van der Waals surface area contributed by atoms with E-state index >= 15 is 0 Å². The van der Waals surface area contributed by atoms with Crippen LogP contribution < -0.4 is 9.62 Å². The lowest BCUT2D eigenvalue weighted by molar-refractivity contribution is 0.0910. The Kier molecular flexibility index (Phi) is 4.85. The number of sulfonamides is 1. The molecule has 3 rings (SSSR count). The van der Waals surface area contributed by atoms with Gasteiger partial charge in [-0.1, -0.05) is 19.8 Å². The average molecular weight is 350 g/mol. The van der Waals surface area contributed by atoms with Crippen molar-refractivity contribution in [1.82, 2.24) is 5.32 Å². The number of nitrogens with one attached hydrogen (secondary N) is 1. The van der Waals surface area contributed by atoms with Crippen LogP contribution in [0.4, 0.5) is 5.69 Å². The van der Waals surface area contributed by atoms with E-state index in [-0.39, 0.29) is 11.9 Å². The van der Waals surface area contributed by atoms with Gasteiger partial charge in [0.15, 0.2) is 0 Å². The maximum Gasteiger partial charge on any atom is 0.251 e. The second-order valence-electron chi connectivity index (χ2n) is 7.12. The fraction of sp³-hybridized carbons (Fsp3) is 0.611. The molecule has 1 amide bonds. The fourth-order valence-corrected chi connectivity index (χ4v) is 4.83. The van der Waals surface area contributed by atoms with Crippen LogP contribution in [0.25, 0.3) is 0 Å². The van der Waals surface area contributed by atoms with Gasteiger partial charge in [0.2, 0.25) is 10.0 Å². The minimum Gasteiger partial charge on any atom is -0.349 e. The number of rotatable bonds is 3. The average Bonchev–Trinajstić information content (AvgIpc) is 2.55. The highest BCUT2D eigenvalue weighted by Gasteiger charge is 2.26. The third-order valence-electron chi connectivity index (χ3n) is 5.25. The van der Waals surface area contributed by atoms with Gasteiger partial charge in [0.25, 0.3) is 5.91 Å². The van der Waals surface area contributed by atoms with Crippen LogP contribution in [0.1, 0.15) is 54.9 Å². The van der Waals surface area contributed by atoms with Gasteiger partial charge in [-0.3, -0.25) is 9.10 Å². The smallest absolute Gasteiger partial charge is 0.251 e. The summed E-state index contributed by atoms with van der Waals surface area (Å²) < 4.78 is 25.3. The van der Waals surface area contributed by atoms with Crippen LogP contribution in [0.3, 0.4) is 0 Å². The third kappa shape index (κ3) is 3.58. The Morgan fingerprint density at radius 1 is 1.21 bits per heavy atom. The molecule has 1 saturated carbocycles. The van der Waals surface area contributed by atoms with Gasteiger partial charge in [0, 0.05) is 18.2 Å². The van der Waals surface area contributed by atoms with Crippen LogP contribution in [0.15, 0.2) is 18.2 Å². The van der Waals surface area contributed by atoms with Crippen molar-refractivity contribution in [2.45, 2.75) is 51.5 Å². The largest absolute Gasteiger partial charge is 0.349 e. The monoisotopic (exact) mass is 350 g/mol. The Bertz CT molecular complexity index is 730. The Labute approximate surface area is 144 Å². The van der Waals surface area contributed by atoms with Crippen molar-refractivity contribution in [2.24, 2.45) is 5.92 Å². The number of carbonyl (C=O) groups is 1. The summed E-state index contributed by atoms with van der Waals surface area (Å²) in [6.45, 7) is 2.71. The van der Waals surface area contributed by atoms with Crippen molar-refractivity contribution >= 4 is 21.6 Å². The SMILES string of the molecule is C[C@@H]1CCCC[C@H]1NC(=O)c1ccc2c(c1)CCCN2S(C)(=O)=O. The van der Waals surface area contributed by atoms with Crippen LogP contribution in [-0.2, 0) is 16.4 Å². The van der Waals surface area contributed by atoms with Crippen LogP contribution in [-0.4, -0.2) is 33.2 Å². The zero-order valence-electron chi connectivity index (χ0n) is 14.4. The summed E-state index contributed by atoms with van der Waals surface area (Å²) in [6, 6.07) is 5.62. The maximum atomic E-state index is 12.6. The first-order valence-electron chi connectivity index (χ1n) is 8.78. The summed E-state index contributed by atoms with van der Waals surface area (Å²) in [7, 11) is -3.27. The van der Waals surface area contributed by atoms with Gasteiger partial charge in [0.05, 0.1) is 11.9 Å². The van der Waals surface area contributed by atoms with Crippen LogP contribution in [0.2, 0.25) is 0 Å². The van der Waals surface area contributed by atoms with Gasteiger partial charge < -0.3 is 5.32 Å². The molecule has 0 unspecified atom stereocenters. The number of carbonyl (C=O) groups excluding carboxylic acids is 1. The van der Waals surface area contributed by atoms with Crippen molar-refractivity contribution in [3.8, 4) is 0 Å². The topological polar surface area (TPSA) is 66.5 Å². The molecule has 1 aliphatic heterocycles. The molecule has 0 saturated heterocycles. The van der Waals surface area contributed by atoms with Crippen molar-refractivity contribution < 1.29 is 13.2 Å². The molecule has 0 radical (unpaired) electrons. The lowest BCUT2D eigenvalue weighted by Crippen LogP contribution is -2.41. The minimum absolute atomic E-state index is 0.0481. The molecule has 0 spiro atoms. The van der Waals surface area contributed by atoms with Crippen molar-refractivity contribution in [1.29, 1.82) is 0 Å². The van der Waals surface area contributed by atoms with Gasteiger partial charge in [0.1, 0.15) is 0 Å². The standard InChI is InChI=1S/C18H26N2O3S/c1-13-6-3-4-8-16(13)19-18(21)15-9-10-17-14(12-15)7-5-11-20(17)24(2,22)23/h9-10,12-13,16H,3-8,11H2,1-2H3,(H,19,21)/t13-,16-/m1/s1. The first kappa shape index (κ1) is 17.3. The molecule has 1 heterocycles. The molecule has 6 heteroatoms. The highest BCUT2D eigenvalue weighted by Crippen LogP contribution is 2.30. The predicted molar refractivity (Wildman–Crippen MR) is 95.8 cm³/mol. The number of benzene rings is 1. The molecule has 1 aliphatic carbocycles. The maximum absolute atomic E-state index is 12.6. The minimum atomic E-state index is -3.27. The van der Waals surface area contributed by atoms with E-state index in [4.69, 9.17) is 0 Å². The molecule has 1 fully saturated rings. The summed E-state index contributed by atoms with van der Waals surface area (Å²) in [6.07, 6.45) is 7.44. The van der Waals surface area contributed by atoms with Crippen molar-refractivity contribution in [2.75, 3.05) is 17.1 Å². The van der Waals surface area contributed by atoms with E-state index < -0.39 is 10.0 Å². The number of anilines is 1. The predicted octanol–water partition coefficient (Wildman–Crippen LogP) is 2.71. The summed E-state index contributed by atoms with van der Waals surface area (Å²) in [4.78, 5) is 12.6. The number of hydrogen-bond acceptors (Lipinski definition) is 3. The summed E-state index contributed by atoms with van der Waals surface area (Å²) in [5.74, 6) is 0.467. The number of nitrogens with zero attached hydrogens (tertiary/aromatic N) is 1. The molecule has 0 aromatic heterocycles. The summed E-state index contributed by atoms with van der Waals surface area (Å²) >= 11 is 0. The molecule has 1 aromatic carbocycles. The van der Waals surface area contributed by atoms with E-state index in [1.165, 1.54) is 29.8 Å². The first-order valence-corrected chi connectivity index (χ1v) is 10.6. The number of aryl methyl sites for hydroxylation is 1. The first-order chi connectivity index (χ1) is 11.4. The number of amides is 1. The molecule has 2 atom stereocenters. The Hall–Kier alpha value is -1.56. The summed E-state index contributed by atoms with van der Waals surface area (Å²) in [5.41, 5.74) is 2.28. The van der Waals surface area contributed by atoms with Crippen molar-refractivity contribution in [3.63, 3.8) is 0 Å². The number of hydrogen-bond donors (Lipinski definition) is 1. The van der Waals surface area contributed by atoms with Gasteiger partial charge in [-0.2, -0.15) is 0 Å². The van der Waals surface area contributed by atoms with E-state index in [2.05, 4.69) is 12.2 Å². The summed E-state index contributed by atoms with van der Waals surface area (Å²) in [5, 5.41) is 3.16. The molecular weight excluding hydrogens is 324 g/mol. The number of fused-ring (bicyclic) bond motifs is 1. The van der Waals surface area contributed by atoms with Crippen LogP contribution in [0, 0.1) is 5.92 Å². The molecule has 5 nitrogen and oxygen atoms in total. The Balaban J connectivity index is 1.79. The van der Waals surface area contributed by atoms with E-state index in [1.807, 2.05) is 6.07 Å². The molecule has 2 aliphatic rings. The Morgan fingerprint density at radius 2 is 1.96 bits per heavy atom. The van der Waals surface area contributed by atoms with Gasteiger partial charge in [-0.25, -0.2) is 8.42 Å². The molecule has 0 bridgehead atoms. The molecular formula is C18H26N2O3S. The van der Waals surface area contributed by atoms with E-state index in [1.54, 1.807) is 12.1 Å². The molecule has 1 N–H and O–H groups in total. The zero-order valence-corrected chi connectivity index (χ0v) is 15.2. The highest BCUT2D eigenvalue weighted by molar-refractivity contribution is 7.92. The molecule has 132 valence electrons. The second-order valence-corrected chi connectivity index (χ2v) is 9.03. The zero-order chi connectivity index (χ0) is 17.3. The van der Waals surface area contributed by atoms with E-state index in [0.29, 0.717) is 23.7 Å². The lowest BCUT2D eigenvalue weighted by Gasteiger charge is -2.31. The van der Waals surface area contributed by atoms with Crippen molar-refractivity contribution in [3.05, 3.63) is 29.3 Å². The van der Waals surface area contributed by atoms with E-state index in [9.17, 15) is 13.2 Å². The molecule has 1 aromatic rings. The van der Waals surface area contributed by atoms with Gasteiger partial charge in [-0.15, -0.1) is 0 Å².